The van der Waals surface area contributed by atoms with Gasteiger partial charge in [-0.25, -0.2) is 4.39 Å². The molecule has 24 heavy (non-hydrogen) atoms. The van der Waals surface area contributed by atoms with Gasteiger partial charge in [-0.3, -0.25) is 25.2 Å². The Balaban J connectivity index is 2.56. The van der Waals surface area contributed by atoms with E-state index in [1.54, 1.807) is 19.9 Å². The second-order valence-corrected chi connectivity index (χ2v) is 5.59. The highest BCUT2D eigenvalue weighted by molar-refractivity contribution is 5.89. The molecule has 1 aromatic rings. The maximum absolute atomic E-state index is 13.5. The van der Waals surface area contributed by atoms with Gasteiger partial charge >= 0.3 is 0 Å². The maximum Gasteiger partial charge on any atom is 0.279 e. The number of rotatable bonds is 6. The van der Waals surface area contributed by atoms with Crippen LogP contribution in [0.25, 0.3) is 0 Å². The Morgan fingerprint density at radius 2 is 1.62 bits per heavy atom. The highest BCUT2D eigenvalue weighted by atomic mass is 19.1. The smallest absolute Gasteiger partial charge is 0.279 e. The Morgan fingerprint density at radius 1 is 1.04 bits per heavy atom. The van der Waals surface area contributed by atoms with Crippen LogP contribution in [-0.2, 0) is 14.4 Å². The SMILES string of the molecule is CC(=O)N[C@@H](C(=O)NNC(=O)[C@@H](C)Oc1ccccc1F)C(C)C. The van der Waals surface area contributed by atoms with Gasteiger partial charge in [0, 0.05) is 6.92 Å². The van der Waals surface area contributed by atoms with E-state index in [1.165, 1.54) is 32.0 Å². The van der Waals surface area contributed by atoms with Crippen molar-refractivity contribution >= 4 is 17.7 Å². The summed E-state index contributed by atoms with van der Waals surface area (Å²) < 4.78 is 18.7. The molecule has 132 valence electrons. The number of hydrogen-bond acceptors (Lipinski definition) is 4. The average molecular weight is 339 g/mol. The lowest BCUT2D eigenvalue weighted by atomic mass is 10.0. The van der Waals surface area contributed by atoms with Crippen molar-refractivity contribution in [3.05, 3.63) is 30.1 Å². The number of carbonyl (C=O) groups is 3. The molecular weight excluding hydrogens is 317 g/mol. The first-order valence-electron chi connectivity index (χ1n) is 7.50. The number of amides is 3. The molecule has 0 saturated heterocycles. The number of ether oxygens (including phenoxy) is 1. The van der Waals surface area contributed by atoms with Crippen LogP contribution in [0, 0.1) is 11.7 Å². The molecule has 0 bridgehead atoms. The summed E-state index contributed by atoms with van der Waals surface area (Å²) in [5.74, 6) is -2.40. The molecular formula is C16H22FN3O4. The van der Waals surface area contributed by atoms with Gasteiger partial charge in [-0.1, -0.05) is 26.0 Å². The second kappa shape index (κ2) is 8.85. The van der Waals surface area contributed by atoms with Gasteiger partial charge in [0.2, 0.25) is 5.91 Å². The molecule has 0 heterocycles. The van der Waals surface area contributed by atoms with Crippen LogP contribution in [0.1, 0.15) is 27.7 Å². The van der Waals surface area contributed by atoms with Gasteiger partial charge in [0.25, 0.3) is 11.8 Å². The van der Waals surface area contributed by atoms with E-state index in [9.17, 15) is 18.8 Å². The predicted molar refractivity (Wildman–Crippen MR) is 85.2 cm³/mol. The van der Waals surface area contributed by atoms with Gasteiger partial charge in [-0.15, -0.1) is 0 Å². The van der Waals surface area contributed by atoms with E-state index in [2.05, 4.69) is 16.2 Å². The first-order valence-corrected chi connectivity index (χ1v) is 7.50. The molecule has 0 aliphatic carbocycles. The van der Waals surface area contributed by atoms with Gasteiger partial charge < -0.3 is 10.1 Å². The largest absolute Gasteiger partial charge is 0.478 e. The van der Waals surface area contributed by atoms with Crippen LogP contribution < -0.4 is 20.9 Å². The molecule has 2 atom stereocenters. The van der Waals surface area contributed by atoms with E-state index in [4.69, 9.17) is 4.74 Å². The van der Waals surface area contributed by atoms with Gasteiger partial charge in [-0.2, -0.15) is 0 Å². The lowest BCUT2D eigenvalue weighted by molar-refractivity contribution is -0.135. The molecule has 3 amide bonds. The second-order valence-electron chi connectivity index (χ2n) is 5.59. The standard InChI is InChI=1S/C16H22FN3O4/c1-9(2)14(18-11(4)21)16(23)20-19-15(22)10(3)24-13-8-6-5-7-12(13)17/h5-10,14H,1-4H3,(H,18,21)(H,19,22)(H,20,23)/t10-,14-/m1/s1. The van der Waals surface area contributed by atoms with E-state index in [0.717, 1.165) is 0 Å². The van der Waals surface area contributed by atoms with Crippen LogP contribution in [0.2, 0.25) is 0 Å². The zero-order valence-electron chi connectivity index (χ0n) is 14.1. The molecule has 0 saturated carbocycles. The summed E-state index contributed by atoms with van der Waals surface area (Å²) in [6.07, 6.45) is -1.03. The monoisotopic (exact) mass is 339 g/mol. The molecule has 1 rings (SSSR count). The Labute approximate surface area is 139 Å². The van der Waals surface area contributed by atoms with Crippen LogP contribution in [0.4, 0.5) is 4.39 Å². The van der Waals surface area contributed by atoms with E-state index >= 15 is 0 Å². The molecule has 0 aromatic heterocycles. The highest BCUT2D eigenvalue weighted by Crippen LogP contribution is 2.16. The van der Waals surface area contributed by atoms with E-state index < -0.39 is 29.8 Å². The third-order valence-corrected chi connectivity index (χ3v) is 3.13. The lowest BCUT2D eigenvalue weighted by Gasteiger charge is -2.22. The van der Waals surface area contributed by atoms with Crippen molar-refractivity contribution in [1.82, 2.24) is 16.2 Å². The predicted octanol–water partition coefficient (Wildman–Crippen LogP) is 0.901. The van der Waals surface area contributed by atoms with E-state index in [1.807, 2.05) is 0 Å². The number of hydrogen-bond donors (Lipinski definition) is 3. The Morgan fingerprint density at radius 3 is 2.17 bits per heavy atom. The fourth-order valence-corrected chi connectivity index (χ4v) is 1.84. The van der Waals surface area contributed by atoms with Gasteiger partial charge in [0.1, 0.15) is 6.04 Å². The molecule has 0 aliphatic heterocycles. The summed E-state index contributed by atoms with van der Waals surface area (Å²) in [6.45, 7) is 6.23. The Kier molecular flexibility index (Phi) is 7.16. The summed E-state index contributed by atoms with van der Waals surface area (Å²) >= 11 is 0. The van der Waals surface area contributed by atoms with Crippen molar-refractivity contribution in [2.75, 3.05) is 0 Å². The van der Waals surface area contributed by atoms with Crippen LogP contribution >= 0.6 is 0 Å². The van der Waals surface area contributed by atoms with Gasteiger partial charge in [0.15, 0.2) is 17.7 Å². The number of hydrazine groups is 1. The molecule has 0 unspecified atom stereocenters. The minimum absolute atomic E-state index is 0.0650. The third kappa shape index (κ3) is 5.86. The van der Waals surface area contributed by atoms with Crippen molar-refractivity contribution in [3.8, 4) is 5.75 Å². The minimum atomic E-state index is -1.03. The van der Waals surface area contributed by atoms with E-state index in [-0.39, 0.29) is 17.6 Å². The Bertz CT molecular complexity index is 607. The zero-order valence-corrected chi connectivity index (χ0v) is 14.1. The topological polar surface area (TPSA) is 96.5 Å². The minimum Gasteiger partial charge on any atom is -0.478 e. The summed E-state index contributed by atoms with van der Waals surface area (Å²) in [4.78, 5) is 35.0. The summed E-state index contributed by atoms with van der Waals surface area (Å²) in [5, 5.41) is 2.50. The van der Waals surface area contributed by atoms with Crippen molar-refractivity contribution in [2.45, 2.75) is 39.8 Å². The molecule has 0 spiro atoms. The third-order valence-electron chi connectivity index (χ3n) is 3.13. The number of nitrogens with one attached hydrogen (secondary N) is 3. The van der Waals surface area contributed by atoms with E-state index in [0.29, 0.717) is 0 Å². The lowest BCUT2D eigenvalue weighted by Crippen LogP contribution is -2.55. The summed E-state index contributed by atoms with van der Waals surface area (Å²) in [7, 11) is 0. The number of benzene rings is 1. The highest BCUT2D eigenvalue weighted by Gasteiger charge is 2.24. The normalized spacial score (nSPS) is 12.9. The van der Waals surface area contributed by atoms with Crippen LogP contribution in [0.15, 0.2) is 24.3 Å². The van der Waals surface area contributed by atoms with Crippen LogP contribution in [-0.4, -0.2) is 29.9 Å². The van der Waals surface area contributed by atoms with Crippen molar-refractivity contribution < 1.29 is 23.5 Å². The first kappa shape index (κ1) is 19.4. The Hall–Kier alpha value is -2.64. The first-order chi connectivity index (χ1) is 11.2. The molecule has 3 N–H and O–H groups in total. The number of carbonyl (C=O) groups excluding carboxylic acids is 3. The quantitative estimate of drug-likeness (QED) is 0.671. The van der Waals surface area contributed by atoms with Crippen LogP contribution in [0.5, 0.6) is 5.75 Å². The molecule has 7 nitrogen and oxygen atoms in total. The molecule has 0 aliphatic rings. The summed E-state index contributed by atoms with van der Waals surface area (Å²) in [6, 6.07) is 4.89. The van der Waals surface area contributed by atoms with Crippen molar-refractivity contribution in [3.63, 3.8) is 0 Å². The zero-order chi connectivity index (χ0) is 18.3. The maximum atomic E-state index is 13.5. The van der Waals surface area contributed by atoms with Crippen molar-refractivity contribution in [2.24, 2.45) is 5.92 Å². The van der Waals surface area contributed by atoms with Crippen molar-refractivity contribution in [1.29, 1.82) is 0 Å². The fraction of sp³-hybridized carbons (Fsp3) is 0.438. The van der Waals surface area contributed by atoms with Gasteiger partial charge in [0.05, 0.1) is 0 Å². The molecule has 1 aromatic carbocycles. The molecule has 0 radical (unpaired) electrons. The average Bonchev–Trinajstić information content (AvgIpc) is 2.51. The van der Waals surface area contributed by atoms with Gasteiger partial charge in [-0.05, 0) is 25.0 Å². The summed E-state index contributed by atoms with van der Waals surface area (Å²) in [5.41, 5.74) is 4.42. The number of halogens is 1. The van der Waals surface area contributed by atoms with Crippen LogP contribution in [0.3, 0.4) is 0 Å². The number of para-hydroxylation sites is 1. The molecule has 0 fully saturated rings. The molecule has 8 heteroatoms. The fourth-order valence-electron chi connectivity index (χ4n) is 1.84.